The number of nitrogens with zero attached hydrogens (tertiary/aromatic N) is 2. The van der Waals surface area contributed by atoms with Crippen molar-refractivity contribution in [3.8, 4) is 0 Å². The summed E-state index contributed by atoms with van der Waals surface area (Å²) >= 11 is 5.80. The minimum Gasteiger partial charge on any atom is -0.387 e. The minimum absolute atomic E-state index is 0.00611. The van der Waals surface area contributed by atoms with Crippen LogP contribution in [0.2, 0.25) is 5.02 Å². The zero-order valence-electron chi connectivity index (χ0n) is 11.5. The maximum Gasteiger partial charge on any atom is 0.260 e. The molecule has 0 saturated carbocycles. The first kappa shape index (κ1) is 15.0. The Morgan fingerprint density at radius 3 is 2.95 bits per heavy atom. The smallest absolute Gasteiger partial charge is 0.260 e. The average Bonchev–Trinajstić information content (AvgIpc) is 2.72. The number of aromatic nitrogens is 1. The van der Waals surface area contributed by atoms with Crippen molar-refractivity contribution in [2.45, 2.75) is 12.0 Å². The number of H-pyrrole nitrogens is 1. The molecule has 1 aliphatic heterocycles. The van der Waals surface area contributed by atoms with E-state index in [0.717, 1.165) is 0 Å². The van der Waals surface area contributed by atoms with Crippen LogP contribution in [0.25, 0.3) is 0 Å². The Balaban J connectivity index is 2.16. The van der Waals surface area contributed by atoms with E-state index in [2.05, 4.69) is 4.98 Å². The SMILES string of the molecule is CN(C)C[C@@]1(O)CCN(C(=O)c2cc(Cl)c[nH]c2=O)C1. The monoisotopic (exact) mass is 299 g/mol. The lowest BCUT2D eigenvalue weighted by Gasteiger charge is -2.26. The number of β-amino-alcohol motifs (C(OH)–C–C–N with tert-alkyl or cyclic N) is 1. The number of pyridine rings is 1. The predicted molar refractivity (Wildman–Crippen MR) is 76.1 cm³/mol. The molecule has 2 N–H and O–H groups in total. The molecule has 20 heavy (non-hydrogen) atoms. The van der Waals surface area contributed by atoms with Gasteiger partial charge in [-0.2, -0.15) is 0 Å². The van der Waals surface area contributed by atoms with Crippen LogP contribution in [-0.4, -0.2) is 65.1 Å². The molecule has 0 spiro atoms. The second-order valence-electron chi connectivity index (χ2n) is 5.50. The van der Waals surface area contributed by atoms with E-state index in [0.29, 0.717) is 24.5 Å². The Labute approximate surface area is 122 Å². The van der Waals surface area contributed by atoms with Crippen molar-refractivity contribution >= 4 is 17.5 Å². The van der Waals surface area contributed by atoms with Crippen LogP contribution in [0.1, 0.15) is 16.8 Å². The Hall–Kier alpha value is -1.37. The summed E-state index contributed by atoms with van der Waals surface area (Å²) in [5, 5.41) is 10.7. The van der Waals surface area contributed by atoms with Crippen LogP contribution in [0.15, 0.2) is 17.1 Å². The second-order valence-corrected chi connectivity index (χ2v) is 5.94. The van der Waals surface area contributed by atoms with E-state index in [1.165, 1.54) is 17.2 Å². The first-order valence-corrected chi connectivity index (χ1v) is 6.73. The highest BCUT2D eigenvalue weighted by atomic mass is 35.5. The van der Waals surface area contributed by atoms with Crippen LogP contribution in [0.3, 0.4) is 0 Å². The van der Waals surface area contributed by atoms with Gasteiger partial charge in [-0.3, -0.25) is 9.59 Å². The number of aliphatic hydroxyl groups is 1. The zero-order chi connectivity index (χ0) is 14.9. The van der Waals surface area contributed by atoms with Crippen molar-refractivity contribution in [2.24, 2.45) is 0 Å². The summed E-state index contributed by atoms with van der Waals surface area (Å²) in [4.78, 5) is 29.8. The van der Waals surface area contributed by atoms with E-state index >= 15 is 0 Å². The number of carbonyl (C=O) groups is 1. The van der Waals surface area contributed by atoms with Crippen LogP contribution < -0.4 is 5.56 Å². The molecule has 1 aromatic heterocycles. The topological polar surface area (TPSA) is 76.6 Å². The first-order valence-electron chi connectivity index (χ1n) is 6.35. The molecule has 0 radical (unpaired) electrons. The summed E-state index contributed by atoms with van der Waals surface area (Å²) in [6.07, 6.45) is 1.84. The molecule has 7 heteroatoms. The Bertz CT molecular complexity index is 572. The standard InChI is InChI=1S/C13H18ClN3O3/c1-16(2)7-13(20)3-4-17(8-13)12(19)10-5-9(14)6-15-11(10)18/h5-6,20H,3-4,7-8H2,1-2H3,(H,15,18)/t13-/m0/s1. The molecule has 0 aliphatic carbocycles. The van der Waals surface area contributed by atoms with Gasteiger partial charge >= 0.3 is 0 Å². The average molecular weight is 300 g/mol. The largest absolute Gasteiger partial charge is 0.387 e. The van der Waals surface area contributed by atoms with Gasteiger partial charge in [0.2, 0.25) is 0 Å². The van der Waals surface area contributed by atoms with Gasteiger partial charge in [0.1, 0.15) is 5.56 Å². The summed E-state index contributed by atoms with van der Waals surface area (Å²) in [6.45, 7) is 1.12. The lowest BCUT2D eigenvalue weighted by molar-refractivity contribution is 0.0236. The highest BCUT2D eigenvalue weighted by molar-refractivity contribution is 6.30. The molecule has 1 amide bonds. The van der Waals surface area contributed by atoms with Crippen molar-refractivity contribution in [1.29, 1.82) is 0 Å². The number of aromatic amines is 1. The number of likely N-dealkylation sites (N-methyl/N-ethyl adjacent to an activating group) is 1. The molecule has 1 atom stereocenters. The van der Waals surface area contributed by atoms with Gasteiger partial charge in [-0.15, -0.1) is 0 Å². The molecule has 1 saturated heterocycles. The molecule has 0 unspecified atom stereocenters. The van der Waals surface area contributed by atoms with E-state index in [-0.39, 0.29) is 12.1 Å². The van der Waals surface area contributed by atoms with Crippen molar-refractivity contribution < 1.29 is 9.90 Å². The summed E-state index contributed by atoms with van der Waals surface area (Å²) in [7, 11) is 3.73. The van der Waals surface area contributed by atoms with Crippen molar-refractivity contribution in [2.75, 3.05) is 33.7 Å². The third-order valence-corrected chi connectivity index (χ3v) is 3.55. The van der Waals surface area contributed by atoms with Crippen LogP contribution in [0.4, 0.5) is 0 Å². The lowest BCUT2D eigenvalue weighted by Crippen LogP contribution is -2.44. The first-order chi connectivity index (χ1) is 9.31. The van der Waals surface area contributed by atoms with Crippen LogP contribution in [0, 0.1) is 0 Å². The minimum atomic E-state index is -0.926. The van der Waals surface area contributed by atoms with Gasteiger partial charge in [0, 0.05) is 19.3 Å². The summed E-state index contributed by atoms with van der Waals surface area (Å²) in [6, 6.07) is 1.35. The number of rotatable bonds is 3. The van der Waals surface area contributed by atoms with Gasteiger partial charge < -0.3 is 19.9 Å². The summed E-state index contributed by atoms with van der Waals surface area (Å²) < 4.78 is 0. The molecule has 6 nitrogen and oxygen atoms in total. The third kappa shape index (κ3) is 3.20. The third-order valence-electron chi connectivity index (χ3n) is 3.33. The maximum atomic E-state index is 12.3. The second kappa shape index (κ2) is 5.55. The quantitative estimate of drug-likeness (QED) is 0.834. The van der Waals surface area contributed by atoms with Gasteiger partial charge in [0.05, 0.1) is 17.2 Å². The van der Waals surface area contributed by atoms with E-state index in [1.54, 1.807) is 0 Å². The van der Waals surface area contributed by atoms with E-state index < -0.39 is 17.1 Å². The number of amides is 1. The van der Waals surface area contributed by atoms with E-state index in [1.807, 2.05) is 19.0 Å². The number of hydrogen-bond acceptors (Lipinski definition) is 4. The molecule has 1 aliphatic rings. The summed E-state index contributed by atoms with van der Waals surface area (Å²) in [5.41, 5.74) is -1.39. The molecule has 1 aromatic rings. The van der Waals surface area contributed by atoms with Crippen LogP contribution >= 0.6 is 11.6 Å². The Morgan fingerprint density at radius 2 is 2.30 bits per heavy atom. The molecular formula is C13H18ClN3O3. The van der Waals surface area contributed by atoms with Crippen molar-refractivity contribution in [1.82, 2.24) is 14.8 Å². The molecule has 2 rings (SSSR count). The van der Waals surface area contributed by atoms with Gasteiger partial charge in [0.25, 0.3) is 11.5 Å². The van der Waals surface area contributed by atoms with Crippen LogP contribution in [-0.2, 0) is 0 Å². The Kier molecular flexibility index (Phi) is 4.17. The normalized spacial score (nSPS) is 22.6. The Morgan fingerprint density at radius 1 is 1.60 bits per heavy atom. The fourth-order valence-corrected chi connectivity index (χ4v) is 2.70. The molecule has 110 valence electrons. The van der Waals surface area contributed by atoms with Crippen LogP contribution in [0.5, 0.6) is 0 Å². The number of likely N-dealkylation sites (tertiary alicyclic amines) is 1. The zero-order valence-corrected chi connectivity index (χ0v) is 12.3. The number of carbonyl (C=O) groups excluding carboxylic acids is 1. The maximum absolute atomic E-state index is 12.3. The fraction of sp³-hybridized carbons (Fsp3) is 0.538. The molecule has 2 heterocycles. The molecule has 0 bridgehead atoms. The number of hydrogen-bond donors (Lipinski definition) is 2. The lowest BCUT2D eigenvalue weighted by atomic mass is 10.0. The van der Waals surface area contributed by atoms with E-state index in [4.69, 9.17) is 11.6 Å². The number of halogens is 1. The molecule has 1 fully saturated rings. The van der Waals surface area contributed by atoms with Crippen molar-refractivity contribution in [3.05, 3.63) is 33.2 Å². The highest BCUT2D eigenvalue weighted by Crippen LogP contribution is 2.23. The highest BCUT2D eigenvalue weighted by Gasteiger charge is 2.39. The summed E-state index contributed by atoms with van der Waals surface area (Å²) in [5.74, 6) is -0.400. The number of nitrogens with one attached hydrogen (secondary N) is 1. The van der Waals surface area contributed by atoms with Gasteiger partial charge in [0.15, 0.2) is 0 Å². The molecule has 0 aromatic carbocycles. The predicted octanol–water partition coefficient (Wildman–Crippen LogP) is 0.167. The van der Waals surface area contributed by atoms with Gasteiger partial charge in [-0.25, -0.2) is 0 Å². The fourth-order valence-electron chi connectivity index (χ4n) is 2.53. The van der Waals surface area contributed by atoms with Crippen molar-refractivity contribution in [3.63, 3.8) is 0 Å². The van der Waals surface area contributed by atoms with E-state index in [9.17, 15) is 14.7 Å². The van der Waals surface area contributed by atoms with Gasteiger partial charge in [-0.05, 0) is 26.6 Å². The van der Waals surface area contributed by atoms with Gasteiger partial charge in [-0.1, -0.05) is 11.6 Å². The molecular weight excluding hydrogens is 282 g/mol.